The van der Waals surface area contributed by atoms with Gasteiger partial charge in [0.25, 0.3) is 5.91 Å². The monoisotopic (exact) mass is 520 g/mol. The molecular formula is C22H15BrCl2N2O4. The summed E-state index contributed by atoms with van der Waals surface area (Å²) in [5.74, 6) is -0.131. The van der Waals surface area contributed by atoms with Gasteiger partial charge in [-0.2, -0.15) is 5.10 Å². The number of carbonyl (C=O) groups excluding carboxylic acids is 2. The van der Waals surface area contributed by atoms with Gasteiger partial charge in [-0.3, -0.25) is 4.79 Å². The molecule has 6 nitrogen and oxygen atoms in total. The SMILES string of the molecule is O=C(COc1ccc(Cl)cc1Br)N/N=C\c1ccc(OC(=O)c2ccccc2Cl)cc1. The van der Waals surface area contributed by atoms with E-state index in [4.69, 9.17) is 32.7 Å². The molecule has 0 aliphatic heterocycles. The average Bonchev–Trinajstić information content (AvgIpc) is 2.74. The summed E-state index contributed by atoms with van der Waals surface area (Å²) in [5.41, 5.74) is 3.35. The van der Waals surface area contributed by atoms with Crippen molar-refractivity contribution < 1.29 is 19.1 Å². The van der Waals surface area contributed by atoms with E-state index in [0.29, 0.717) is 31.6 Å². The second-order valence-electron chi connectivity index (χ2n) is 6.09. The van der Waals surface area contributed by atoms with Crippen molar-refractivity contribution in [2.45, 2.75) is 0 Å². The Bertz CT molecular complexity index is 1120. The molecule has 9 heteroatoms. The van der Waals surface area contributed by atoms with Crippen LogP contribution in [0.15, 0.2) is 76.3 Å². The standard InChI is InChI=1S/C22H15BrCl2N2O4/c23-18-11-15(24)7-10-20(18)30-13-21(28)27-26-12-14-5-8-16(9-6-14)31-22(29)17-3-1-2-4-19(17)25/h1-12H,13H2,(H,27,28)/b26-12-. The molecule has 0 bridgehead atoms. The van der Waals surface area contributed by atoms with E-state index in [0.717, 1.165) is 0 Å². The van der Waals surface area contributed by atoms with E-state index < -0.39 is 11.9 Å². The highest BCUT2D eigenvalue weighted by Crippen LogP contribution is 2.27. The number of benzene rings is 3. The fraction of sp³-hybridized carbons (Fsp3) is 0.0455. The third-order valence-electron chi connectivity index (χ3n) is 3.84. The number of halogens is 3. The number of hydrazone groups is 1. The van der Waals surface area contributed by atoms with Gasteiger partial charge in [0, 0.05) is 5.02 Å². The summed E-state index contributed by atoms with van der Waals surface area (Å²) < 4.78 is 11.4. The maximum absolute atomic E-state index is 12.2. The second kappa shape index (κ2) is 10.9. The predicted octanol–water partition coefficient (Wildman–Crippen LogP) is 5.50. The zero-order valence-electron chi connectivity index (χ0n) is 15.8. The molecular weight excluding hydrogens is 507 g/mol. The zero-order valence-corrected chi connectivity index (χ0v) is 18.9. The van der Waals surface area contributed by atoms with E-state index in [1.165, 1.54) is 6.21 Å². The first kappa shape index (κ1) is 22.8. The van der Waals surface area contributed by atoms with Crippen LogP contribution in [-0.4, -0.2) is 24.7 Å². The Hall–Kier alpha value is -2.87. The van der Waals surface area contributed by atoms with E-state index in [2.05, 4.69) is 26.5 Å². The van der Waals surface area contributed by atoms with Gasteiger partial charge in [-0.15, -0.1) is 0 Å². The van der Waals surface area contributed by atoms with Gasteiger partial charge in [-0.1, -0.05) is 35.3 Å². The van der Waals surface area contributed by atoms with Crippen molar-refractivity contribution in [3.05, 3.63) is 92.4 Å². The van der Waals surface area contributed by atoms with Gasteiger partial charge in [0.15, 0.2) is 6.61 Å². The van der Waals surface area contributed by atoms with Crippen LogP contribution in [0.4, 0.5) is 0 Å². The minimum atomic E-state index is -0.549. The highest BCUT2D eigenvalue weighted by molar-refractivity contribution is 9.10. The first-order chi connectivity index (χ1) is 14.9. The number of nitrogens with one attached hydrogen (secondary N) is 1. The maximum Gasteiger partial charge on any atom is 0.345 e. The molecule has 0 aromatic heterocycles. The summed E-state index contributed by atoms with van der Waals surface area (Å²) in [5, 5.41) is 4.75. The van der Waals surface area contributed by atoms with Crippen LogP contribution in [0.5, 0.6) is 11.5 Å². The van der Waals surface area contributed by atoms with E-state index >= 15 is 0 Å². The number of hydrogen-bond acceptors (Lipinski definition) is 5. The number of amides is 1. The van der Waals surface area contributed by atoms with Crippen LogP contribution in [0, 0.1) is 0 Å². The molecule has 0 fully saturated rings. The highest BCUT2D eigenvalue weighted by atomic mass is 79.9. The molecule has 3 aromatic carbocycles. The van der Waals surface area contributed by atoms with Crippen LogP contribution >= 0.6 is 39.1 Å². The van der Waals surface area contributed by atoms with Gasteiger partial charge in [-0.25, -0.2) is 10.2 Å². The van der Waals surface area contributed by atoms with Gasteiger partial charge < -0.3 is 9.47 Å². The number of nitrogens with zero attached hydrogens (tertiary/aromatic N) is 1. The zero-order chi connectivity index (χ0) is 22.2. The molecule has 0 aliphatic rings. The highest BCUT2D eigenvalue weighted by Gasteiger charge is 2.12. The lowest BCUT2D eigenvalue weighted by molar-refractivity contribution is -0.123. The van der Waals surface area contributed by atoms with Gasteiger partial charge in [0.2, 0.25) is 0 Å². The molecule has 1 N–H and O–H groups in total. The summed E-state index contributed by atoms with van der Waals surface area (Å²) in [7, 11) is 0. The second-order valence-corrected chi connectivity index (χ2v) is 7.79. The maximum atomic E-state index is 12.2. The Labute approximate surface area is 196 Å². The molecule has 0 heterocycles. The molecule has 0 spiro atoms. The molecule has 31 heavy (non-hydrogen) atoms. The van der Waals surface area contributed by atoms with Gasteiger partial charge in [-0.05, 0) is 76.1 Å². The van der Waals surface area contributed by atoms with Crippen LogP contribution in [0.2, 0.25) is 10.0 Å². The first-order valence-electron chi connectivity index (χ1n) is 8.89. The van der Waals surface area contributed by atoms with Crippen molar-refractivity contribution in [2.75, 3.05) is 6.61 Å². The van der Waals surface area contributed by atoms with Crippen molar-refractivity contribution in [3.8, 4) is 11.5 Å². The number of esters is 1. The first-order valence-corrected chi connectivity index (χ1v) is 10.4. The molecule has 1 amide bonds. The fourth-order valence-corrected chi connectivity index (χ4v) is 3.37. The minimum Gasteiger partial charge on any atom is -0.483 e. The number of hydrogen-bond donors (Lipinski definition) is 1. The summed E-state index contributed by atoms with van der Waals surface area (Å²) in [6.45, 7) is -0.214. The van der Waals surface area contributed by atoms with Gasteiger partial charge in [0.1, 0.15) is 11.5 Å². The number of ether oxygens (including phenoxy) is 2. The average molecular weight is 522 g/mol. The van der Waals surface area contributed by atoms with Crippen LogP contribution in [-0.2, 0) is 4.79 Å². The normalized spacial score (nSPS) is 10.7. The Morgan fingerprint density at radius 1 is 1.03 bits per heavy atom. The summed E-state index contributed by atoms with van der Waals surface area (Å²) in [6, 6.07) is 18.2. The van der Waals surface area contributed by atoms with Gasteiger partial charge >= 0.3 is 5.97 Å². The van der Waals surface area contributed by atoms with E-state index in [9.17, 15) is 9.59 Å². The minimum absolute atomic E-state index is 0.214. The van der Waals surface area contributed by atoms with E-state index in [1.807, 2.05) is 0 Å². The summed E-state index contributed by atoms with van der Waals surface area (Å²) in [4.78, 5) is 24.0. The third kappa shape index (κ3) is 6.82. The number of rotatable bonds is 7. The van der Waals surface area contributed by atoms with Crippen molar-refractivity contribution in [1.29, 1.82) is 0 Å². The van der Waals surface area contributed by atoms with E-state index in [1.54, 1.807) is 66.7 Å². The summed E-state index contributed by atoms with van der Waals surface area (Å²) >= 11 is 15.2. The fourth-order valence-electron chi connectivity index (χ4n) is 2.36. The Morgan fingerprint density at radius 2 is 1.77 bits per heavy atom. The molecule has 0 saturated carbocycles. The third-order valence-corrected chi connectivity index (χ3v) is 5.02. The molecule has 3 rings (SSSR count). The molecule has 0 unspecified atom stereocenters. The summed E-state index contributed by atoms with van der Waals surface area (Å²) in [6.07, 6.45) is 1.45. The molecule has 0 atom stereocenters. The van der Waals surface area contributed by atoms with Crippen molar-refractivity contribution >= 4 is 57.2 Å². The number of carbonyl (C=O) groups is 2. The quantitative estimate of drug-likeness (QED) is 0.192. The lowest BCUT2D eigenvalue weighted by Gasteiger charge is -2.07. The van der Waals surface area contributed by atoms with Crippen LogP contribution in [0.1, 0.15) is 15.9 Å². The van der Waals surface area contributed by atoms with E-state index in [-0.39, 0.29) is 12.2 Å². The van der Waals surface area contributed by atoms with Crippen molar-refractivity contribution in [2.24, 2.45) is 5.10 Å². The van der Waals surface area contributed by atoms with Crippen LogP contribution in [0.25, 0.3) is 0 Å². The Balaban J connectivity index is 1.48. The molecule has 3 aromatic rings. The van der Waals surface area contributed by atoms with Crippen molar-refractivity contribution in [3.63, 3.8) is 0 Å². The van der Waals surface area contributed by atoms with Crippen LogP contribution in [0.3, 0.4) is 0 Å². The lowest BCUT2D eigenvalue weighted by Crippen LogP contribution is -2.24. The Morgan fingerprint density at radius 3 is 2.48 bits per heavy atom. The lowest BCUT2D eigenvalue weighted by atomic mass is 10.2. The van der Waals surface area contributed by atoms with Crippen molar-refractivity contribution in [1.82, 2.24) is 5.43 Å². The molecule has 0 radical (unpaired) electrons. The topological polar surface area (TPSA) is 77.0 Å². The predicted molar refractivity (Wildman–Crippen MR) is 123 cm³/mol. The largest absolute Gasteiger partial charge is 0.483 e. The van der Waals surface area contributed by atoms with Gasteiger partial charge in [0.05, 0.1) is 21.3 Å². The Kier molecular flexibility index (Phi) is 8.06. The van der Waals surface area contributed by atoms with Crippen LogP contribution < -0.4 is 14.9 Å². The smallest absolute Gasteiger partial charge is 0.345 e. The molecule has 0 aliphatic carbocycles. The molecule has 158 valence electrons. The molecule has 0 saturated heterocycles.